The van der Waals surface area contributed by atoms with Gasteiger partial charge in [0.2, 0.25) is 0 Å². The third-order valence-electron chi connectivity index (χ3n) is 6.62. The number of hydrogen-bond acceptors (Lipinski definition) is 11. The number of benzene rings is 1. The second-order valence-corrected chi connectivity index (χ2v) is 12.4. The number of anilines is 2. The number of fused-ring (bicyclic) bond motifs is 1. The molecule has 5 rings (SSSR count). The molecule has 4 atom stereocenters. The van der Waals surface area contributed by atoms with Gasteiger partial charge >= 0.3 is 8.53 Å². The molecule has 1 aromatic heterocycles. The molecule has 4 unspecified atom stereocenters. The van der Waals surface area contributed by atoms with Crippen LogP contribution in [-0.4, -0.2) is 66.9 Å². The van der Waals surface area contributed by atoms with Crippen LogP contribution in [0.5, 0.6) is 5.75 Å². The molecule has 0 radical (unpaired) electrons. The van der Waals surface area contributed by atoms with Crippen LogP contribution in [0, 0.1) is 5.92 Å². The zero-order valence-corrected chi connectivity index (χ0v) is 25.4. The van der Waals surface area contributed by atoms with Crippen molar-refractivity contribution in [1.82, 2.24) is 15.1 Å². The van der Waals surface area contributed by atoms with Gasteiger partial charge in [-0.05, 0) is 63.6 Å². The van der Waals surface area contributed by atoms with Crippen molar-refractivity contribution in [1.29, 1.82) is 0 Å². The molecular weight excluding hydrogens is 561 g/mol. The lowest BCUT2D eigenvalue weighted by molar-refractivity contribution is -0.110. The SMILES string of the molecule is COC(C)C.CSc1ncnc2c1NCN2C1OC(COP(NC2(C=O)CC2)Oc2ccc(Cl)cc2)CC1C. The number of ether oxygens (including phenoxy) is 2. The summed E-state index contributed by atoms with van der Waals surface area (Å²) in [5.74, 6) is 1.79. The Bertz CT molecular complexity index is 1100. The molecule has 10 nitrogen and oxygen atoms in total. The van der Waals surface area contributed by atoms with Gasteiger partial charge in [-0.25, -0.2) is 15.1 Å². The van der Waals surface area contributed by atoms with Gasteiger partial charge < -0.3 is 33.5 Å². The Morgan fingerprint density at radius 1 is 1.33 bits per heavy atom. The van der Waals surface area contributed by atoms with Gasteiger partial charge in [-0.2, -0.15) is 0 Å². The van der Waals surface area contributed by atoms with E-state index in [0.717, 1.165) is 42.1 Å². The molecule has 2 aromatic rings. The maximum atomic E-state index is 11.5. The van der Waals surface area contributed by atoms with Crippen molar-refractivity contribution < 1.29 is 23.3 Å². The van der Waals surface area contributed by atoms with E-state index in [2.05, 4.69) is 32.2 Å². The molecule has 1 saturated carbocycles. The third kappa shape index (κ3) is 7.94. The van der Waals surface area contributed by atoms with E-state index in [1.54, 1.807) is 49.5 Å². The van der Waals surface area contributed by atoms with Crippen molar-refractivity contribution in [2.75, 3.05) is 36.9 Å². The van der Waals surface area contributed by atoms with E-state index >= 15 is 0 Å². The summed E-state index contributed by atoms with van der Waals surface area (Å²) in [7, 11) is 0.164. The number of nitrogens with one attached hydrogen (secondary N) is 2. The van der Waals surface area contributed by atoms with E-state index < -0.39 is 14.1 Å². The zero-order chi connectivity index (χ0) is 28.0. The molecule has 39 heavy (non-hydrogen) atoms. The van der Waals surface area contributed by atoms with Crippen molar-refractivity contribution in [3.8, 4) is 5.75 Å². The number of carbonyl (C=O) groups is 1. The van der Waals surface area contributed by atoms with E-state index in [0.29, 0.717) is 30.2 Å². The van der Waals surface area contributed by atoms with E-state index in [-0.39, 0.29) is 18.2 Å². The fourth-order valence-electron chi connectivity index (χ4n) is 4.14. The second kappa shape index (κ2) is 13.8. The van der Waals surface area contributed by atoms with Crippen molar-refractivity contribution >= 4 is 49.7 Å². The average molecular weight is 598 g/mol. The maximum absolute atomic E-state index is 11.5. The van der Waals surface area contributed by atoms with Crippen LogP contribution in [0.15, 0.2) is 35.6 Å². The Morgan fingerprint density at radius 2 is 2.05 bits per heavy atom. The van der Waals surface area contributed by atoms with Gasteiger partial charge in [0.1, 0.15) is 35.3 Å². The minimum atomic E-state index is -1.54. The Labute approximate surface area is 240 Å². The fourth-order valence-corrected chi connectivity index (χ4v) is 6.20. The molecule has 0 bridgehead atoms. The largest absolute Gasteiger partial charge is 0.436 e. The van der Waals surface area contributed by atoms with Gasteiger partial charge in [-0.3, -0.25) is 0 Å². The molecular formula is C26H37ClN5O5PS. The third-order valence-corrected chi connectivity index (χ3v) is 8.96. The first kappa shape index (κ1) is 30.2. The Hall–Kier alpha value is -1.72. The number of rotatable bonds is 11. The number of aldehydes is 1. The molecule has 1 aliphatic carbocycles. The lowest BCUT2D eigenvalue weighted by atomic mass is 10.1. The van der Waals surface area contributed by atoms with Crippen LogP contribution in [0.1, 0.15) is 40.0 Å². The molecule has 1 saturated heterocycles. The minimum Gasteiger partial charge on any atom is -0.436 e. The van der Waals surface area contributed by atoms with Crippen LogP contribution < -0.4 is 19.8 Å². The van der Waals surface area contributed by atoms with Gasteiger partial charge in [0.05, 0.1) is 31.0 Å². The number of thioether (sulfide) groups is 1. The zero-order valence-electron chi connectivity index (χ0n) is 22.9. The summed E-state index contributed by atoms with van der Waals surface area (Å²) in [6.07, 6.45) is 7.12. The molecule has 1 aromatic carbocycles. The summed E-state index contributed by atoms with van der Waals surface area (Å²) in [5.41, 5.74) is 0.405. The molecule has 2 N–H and O–H groups in total. The van der Waals surface area contributed by atoms with Gasteiger partial charge in [0, 0.05) is 18.1 Å². The van der Waals surface area contributed by atoms with E-state index in [1.165, 1.54) is 0 Å². The number of halogens is 1. The van der Waals surface area contributed by atoms with Gasteiger partial charge in [-0.1, -0.05) is 18.5 Å². The van der Waals surface area contributed by atoms with E-state index in [4.69, 9.17) is 30.1 Å². The molecule has 13 heteroatoms. The lowest BCUT2D eigenvalue weighted by Gasteiger charge is -2.28. The van der Waals surface area contributed by atoms with Crippen LogP contribution in [0.4, 0.5) is 11.5 Å². The first-order valence-electron chi connectivity index (χ1n) is 13.0. The summed E-state index contributed by atoms with van der Waals surface area (Å²) in [5, 5.41) is 8.23. The van der Waals surface area contributed by atoms with Crippen molar-refractivity contribution in [3.63, 3.8) is 0 Å². The highest BCUT2D eigenvalue weighted by molar-refractivity contribution is 7.98. The monoisotopic (exact) mass is 597 g/mol. The van der Waals surface area contributed by atoms with Gasteiger partial charge in [0.25, 0.3) is 0 Å². The molecule has 0 spiro atoms. The van der Waals surface area contributed by atoms with Crippen LogP contribution in [0.3, 0.4) is 0 Å². The molecule has 3 heterocycles. The van der Waals surface area contributed by atoms with Crippen molar-refractivity contribution in [2.24, 2.45) is 5.92 Å². The summed E-state index contributed by atoms with van der Waals surface area (Å²) in [4.78, 5) is 22.5. The molecule has 2 aliphatic heterocycles. The molecule has 214 valence electrons. The number of hydrogen-bond donors (Lipinski definition) is 2. The number of aromatic nitrogens is 2. The second-order valence-electron chi connectivity index (χ2n) is 10.0. The summed E-state index contributed by atoms with van der Waals surface area (Å²) in [6, 6.07) is 7.10. The fraction of sp³-hybridized carbons (Fsp3) is 0.577. The summed E-state index contributed by atoms with van der Waals surface area (Å²) < 4.78 is 23.4. The summed E-state index contributed by atoms with van der Waals surface area (Å²) >= 11 is 7.58. The first-order valence-corrected chi connectivity index (χ1v) is 15.7. The predicted octanol–water partition coefficient (Wildman–Crippen LogP) is 5.48. The molecule has 0 amide bonds. The molecule has 2 fully saturated rings. The van der Waals surface area contributed by atoms with Crippen molar-refractivity contribution in [3.05, 3.63) is 35.6 Å². The van der Waals surface area contributed by atoms with E-state index in [1.807, 2.05) is 20.1 Å². The minimum absolute atomic E-state index is 0.0992. The Kier molecular flexibility index (Phi) is 10.7. The smallest absolute Gasteiger partial charge is 0.319 e. The van der Waals surface area contributed by atoms with E-state index in [9.17, 15) is 4.79 Å². The quantitative estimate of drug-likeness (QED) is 0.149. The standard InChI is InChI=1S/C22H27ClN5O4PS.C4H10O/c1-14-9-17(31-21(14)28-13-26-18-19(28)24-12-25-20(18)34-2)10-30-33(27-22(11-29)7-8-22)32-16-5-3-15(23)4-6-16;1-4(2)5-3/h3-6,11-12,14,17,21,26-27H,7-10,13H2,1-2H3;4H,1-3H3. The van der Waals surface area contributed by atoms with Crippen LogP contribution in [0.25, 0.3) is 0 Å². The highest BCUT2D eigenvalue weighted by atomic mass is 35.5. The van der Waals surface area contributed by atoms with Crippen molar-refractivity contribution in [2.45, 2.75) is 69.0 Å². The normalized spacial score (nSPS) is 23.5. The van der Waals surface area contributed by atoms with Gasteiger partial charge in [-0.15, -0.1) is 11.8 Å². The lowest BCUT2D eigenvalue weighted by Crippen LogP contribution is -2.39. The van der Waals surface area contributed by atoms with Crippen LogP contribution in [0.2, 0.25) is 5.02 Å². The van der Waals surface area contributed by atoms with Crippen LogP contribution in [-0.2, 0) is 18.8 Å². The molecule has 3 aliphatic rings. The summed E-state index contributed by atoms with van der Waals surface area (Å²) in [6.45, 7) is 7.16. The Balaban J connectivity index is 0.000000648. The van der Waals surface area contributed by atoms with Gasteiger partial charge in [0.15, 0.2) is 5.82 Å². The number of nitrogens with zero attached hydrogens (tertiary/aromatic N) is 3. The Morgan fingerprint density at radius 3 is 2.67 bits per heavy atom. The first-order chi connectivity index (χ1) is 18.8. The highest BCUT2D eigenvalue weighted by Gasteiger charge is 2.46. The van der Waals surface area contributed by atoms with Crippen LogP contribution >= 0.6 is 31.9 Å². The highest BCUT2D eigenvalue weighted by Crippen LogP contribution is 2.46. The maximum Gasteiger partial charge on any atom is 0.319 e. The number of carbonyl (C=O) groups excluding carboxylic acids is 1. The topological polar surface area (TPSA) is 107 Å². The predicted molar refractivity (Wildman–Crippen MR) is 155 cm³/mol. The average Bonchev–Trinajstić information content (AvgIpc) is 3.42. The number of methoxy groups -OCH3 is 1.